The number of rotatable bonds is 5. The van der Waals surface area contributed by atoms with Crippen LogP contribution in [0.1, 0.15) is 16.1 Å². The SMILES string of the molecule is Cc1c(NC(=O)c2ccc(NS(C)(=O)=O)cc2Cl)c(=O)n(-c2ccccc2)n1C. The molecule has 0 fully saturated rings. The predicted octanol–water partition coefficient (Wildman–Crippen LogP) is 2.76. The number of hydrogen-bond acceptors (Lipinski definition) is 4. The molecule has 1 amide bonds. The number of halogens is 1. The van der Waals surface area contributed by atoms with E-state index >= 15 is 0 Å². The molecule has 0 spiro atoms. The number of anilines is 2. The van der Waals surface area contributed by atoms with Gasteiger partial charge in [0, 0.05) is 12.7 Å². The first-order valence-corrected chi connectivity index (χ1v) is 10.8. The third-order valence-electron chi connectivity index (χ3n) is 4.31. The third kappa shape index (κ3) is 4.36. The van der Waals surface area contributed by atoms with Crippen LogP contribution in [0.4, 0.5) is 11.4 Å². The molecule has 10 heteroatoms. The van der Waals surface area contributed by atoms with Crippen molar-refractivity contribution < 1.29 is 13.2 Å². The van der Waals surface area contributed by atoms with Crippen LogP contribution in [0, 0.1) is 6.92 Å². The van der Waals surface area contributed by atoms with Gasteiger partial charge >= 0.3 is 0 Å². The number of nitrogens with one attached hydrogen (secondary N) is 2. The number of sulfonamides is 1. The van der Waals surface area contributed by atoms with Crippen LogP contribution in [0.3, 0.4) is 0 Å². The summed E-state index contributed by atoms with van der Waals surface area (Å²) in [5.41, 5.74) is 1.33. The first-order chi connectivity index (χ1) is 13.6. The summed E-state index contributed by atoms with van der Waals surface area (Å²) in [7, 11) is -1.75. The lowest BCUT2D eigenvalue weighted by Crippen LogP contribution is -2.23. The monoisotopic (exact) mass is 434 g/mol. The zero-order chi connectivity index (χ0) is 21.3. The fraction of sp³-hybridized carbons (Fsp3) is 0.158. The van der Waals surface area contributed by atoms with Gasteiger partial charge in [0.05, 0.1) is 28.2 Å². The molecule has 29 heavy (non-hydrogen) atoms. The van der Waals surface area contributed by atoms with Crippen molar-refractivity contribution in [2.75, 3.05) is 16.3 Å². The van der Waals surface area contributed by atoms with E-state index in [1.807, 2.05) is 18.2 Å². The first-order valence-electron chi connectivity index (χ1n) is 8.51. The Morgan fingerprint density at radius 1 is 1.10 bits per heavy atom. The summed E-state index contributed by atoms with van der Waals surface area (Å²) in [6.07, 6.45) is 1.01. The van der Waals surface area contributed by atoms with Crippen molar-refractivity contribution in [2.24, 2.45) is 7.05 Å². The van der Waals surface area contributed by atoms with Gasteiger partial charge in [-0.05, 0) is 37.3 Å². The van der Waals surface area contributed by atoms with E-state index < -0.39 is 15.9 Å². The highest BCUT2D eigenvalue weighted by molar-refractivity contribution is 7.92. The van der Waals surface area contributed by atoms with Gasteiger partial charge in [0.1, 0.15) is 5.69 Å². The maximum atomic E-state index is 12.9. The van der Waals surface area contributed by atoms with Crippen molar-refractivity contribution in [3.8, 4) is 5.69 Å². The van der Waals surface area contributed by atoms with Crippen LogP contribution in [0.2, 0.25) is 5.02 Å². The molecule has 2 N–H and O–H groups in total. The van der Waals surface area contributed by atoms with Crippen molar-refractivity contribution in [2.45, 2.75) is 6.92 Å². The molecule has 0 radical (unpaired) electrons. The van der Waals surface area contributed by atoms with Crippen molar-refractivity contribution in [1.82, 2.24) is 9.36 Å². The second kappa shape index (κ2) is 7.76. The second-order valence-corrected chi connectivity index (χ2v) is 8.62. The second-order valence-electron chi connectivity index (χ2n) is 6.46. The van der Waals surface area contributed by atoms with Crippen LogP contribution in [0.25, 0.3) is 5.69 Å². The van der Waals surface area contributed by atoms with E-state index in [4.69, 9.17) is 11.6 Å². The van der Waals surface area contributed by atoms with Crippen LogP contribution in [-0.4, -0.2) is 29.9 Å². The molecule has 0 aliphatic carbocycles. The van der Waals surface area contributed by atoms with Crippen LogP contribution in [-0.2, 0) is 17.1 Å². The Bertz CT molecular complexity index is 1250. The van der Waals surface area contributed by atoms with Crippen molar-refractivity contribution in [3.05, 3.63) is 75.2 Å². The summed E-state index contributed by atoms with van der Waals surface area (Å²) in [6.45, 7) is 1.72. The zero-order valence-corrected chi connectivity index (χ0v) is 17.5. The lowest BCUT2D eigenvalue weighted by Gasteiger charge is -2.09. The van der Waals surface area contributed by atoms with Gasteiger partial charge in [0.2, 0.25) is 10.0 Å². The third-order valence-corrected chi connectivity index (χ3v) is 5.23. The Hall–Kier alpha value is -3.04. The lowest BCUT2D eigenvalue weighted by atomic mass is 10.2. The van der Waals surface area contributed by atoms with Crippen molar-refractivity contribution >= 4 is 38.9 Å². The summed E-state index contributed by atoms with van der Waals surface area (Å²) in [4.78, 5) is 25.6. The number of carbonyl (C=O) groups is 1. The molecule has 3 rings (SSSR count). The smallest absolute Gasteiger partial charge is 0.295 e. The molecule has 2 aromatic carbocycles. The summed E-state index contributed by atoms with van der Waals surface area (Å²) < 4.78 is 28.0. The maximum Gasteiger partial charge on any atom is 0.295 e. The highest BCUT2D eigenvalue weighted by atomic mass is 35.5. The fourth-order valence-corrected chi connectivity index (χ4v) is 3.69. The molecule has 0 atom stereocenters. The van der Waals surface area contributed by atoms with Gasteiger partial charge in [-0.15, -0.1) is 0 Å². The molecular formula is C19H19ClN4O4S. The number of benzene rings is 2. The Labute approximate surface area is 172 Å². The first kappa shape index (κ1) is 20.7. The minimum atomic E-state index is -3.47. The van der Waals surface area contributed by atoms with E-state index in [1.54, 1.807) is 30.8 Å². The highest BCUT2D eigenvalue weighted by Gasteiger charge is 2.20. The molecule has 0 aliphatic rings. The van der Waals surface area contributed by atoms with Crippen LogP contribution in [0.5, 0.6) is 0 Å². The zero-order valence-electron chi connectivity index (χ0n) is 15.9. The summed E-state index contributed by atoms with van der Waals surface area (Å²) in [5.74, 6) is -0.577. The minimum Gasteiger partial charge on any atom is -0.316 e. The molecule has 0 aliphatic heterocycles. The average molecular weight is 435 g/mol. The molecule has 1 aromatic heterocycles. The molecule has 1 heterocycles. The van der Waals surface area contributed by atoms with Gasteiger partial charge in [0.15, 0.2) is 0 Å². The summed E-state index contributed by atoms with van der Waals surface area (Å²) >= 11 is 6.15. The standard InChI is InChI=1S/C19H19ClN4O4S/c1-12-17(19(26)24(23(12)2)14-7-5-4-6-8-14)21-18(25)15-10-9-13(11-16(15)20)22-29(3,27)28/h4-11,22H,1-3H3,(H,21,25). The minimum absolute atomic E-state index is 0.0492. The van der Waals surface area contributed by atoms with E-state index in [2.05, 4.69) is 10.0 Å². The van der Waals surface area contributed by atoms with E-state index in [0.29, 0.717) is 11.4 Å². The van der Waals surface area contributed by atoms with Crippen LogP contribution >= 0.6 is 11.6 Å². The lowest BCUT2D eigenvalue weighted by molar-refractivity contribution is 0.102. The number of amides is 1. The fourth-order valence-electron chi connectivity index (χ4n) is 2.87. The van der Waals surface area contributed by atoms with Gasteiger partial charge in [-0.25, -0.2) is 13.1 Å². The Morgan fingerprint density at radius 3 is 2.34 bits per heavy atom. The van der Waals surface area contributed by atoms with Crippen LogP contribution in [0.15, 0.2) is 53.3 Å². The van der Waals surface area contributed by atoms with E-state index in [1.165, 1.54) is 22.9 Å². The molecule has 0 saturated carbocycles. The van der Waals surface area contributed by atoms with E-state index in [9.17, 15) is 18.0 Å². The van der Waals surface area contributed by atoms with Gasteiger partial charge < -0.3 is 5.32 Å². The topological polar surface area (TPSA) is 102 Å². The number of carbonyl (C=O) groups excluding carboxylic acids is 1. The van der Waals surface area contributed by atoms with E-state index in [-0.39, 0.29) is 27.5 Å². The molecular weight excluding hydrogens is 416 g/mol. The summed E-state index contributed by atoms with van der Waals surface area (Å²) in [5, 5.41) is 2.67. The van der Waals surface area contributed by atoms with Gasteiger partial charge in [-0.1, -0.05) is 29.8 Å². The molecule has 0 bridgehead atoms. The average Bonchev–Trinajstić information content (AvgIpc) is 2.84. The van der Waals surface area contributed by atoms with Gasteiger partial charge in [0.25, 0.3) is 11.5 Å². The number of hydrogen-bond donors (Lipinski definition) is 2. The Morgan fingerprint density at radius 2 is 1.76 bits per heavy atom. The molecule has 0 unspecified atom stereocenters. The predicted molar refractivity (Wildman–Crippen MR) is 114 cm³/mol. The maximum absolute atomic E-state index is 12.9. The molecule has 8 nitrogen and oxygen atoms in total. The number of para-hydroxylation sites is 1. The van der Waals surface area contributed by atoms with E-state index in [0.717, 1.165) is 6.26 Å². The Kier molecular flexibility index (Phi) is 5.54. The number of nitrogens with zero attached hydrogens (tertiary/aromatic N) is 2. The summed E-state index contributed by atoms with van der Waals surface area (Å²) in [6, 6.07) is 13.2. The molecule has 3 aromatic rings. The molecule has 0 saturated heterocycles. The van der Waals surface area contributed by atoms with Crippen molar-refractivity contribution in [3.63, 3.8) is 0 Å². The van der Waals surface area contributed by atoms with Crippen LogP contribution < -0.4 is 15.6 Å². The largest absolute Gasteiger partial charge is 0.316 e. The molecule has 152 valence electrons. The quantitative estimate of drug-likeness (QED) is 0.644. The van der Waals surface area contributed by atoms with Crippen molar-refractivity contribution in [1.29, 1.82) is 0 Å². The number of aromatic nitrogens is 2. The van der Waals surface area contributed by atoms with Gasteiger partial charge in [-0.2, -0.15) is 0 Å². The highest BCUT2D eigenvalue weighted by Crippen LogP contribution is 2.23. The van der Waals surface area contributed by atoms with Gasteiger partial charge in [-0.3, -0.25) is 19.0 Å². The normalized spacial score (nSPS) is 11.3. The Balaban J connectivity index is 1.93.